The lowest BCUT2D eigenvalue weighted by Crippen LogP contribution is -2.57. The monoisotopic (exact) mass is 501 g/mol. The van der Waals surface area contributed by atoms with Gasteiger partial charge in [0.1, 0.15) is 23.7 Å². The van der Waals surface area contributed by atoms with Crippen LogP contribution in [0.1, 0.15) is 44.9 Å². The average Bonchev–Trinajstić information content (AvgIpc) is 3.77. The lowest BCUT2D eigenvalue weighted by Gasteiger charge is -2.36. The van der Waals surface area contributed by atoms with Crippen molar-refractivity contribution in [2.45, 2.75) is 68.7 Å². The number of nitrogens with zero attached hydrogens (tertiary/aromatic N) is 2. The summed E-state index contributed by atoms with van der Waals surface area (Å²) in [6.45, 7) is -0.223. The Labute approximate surface area is 208 Å². The molecule has 5 rings (SSSR count). The Bertz CT molecular complexity index is 1110. The first-order valence-electron chi connectivity index (χ1n) is 12.5. The molecular weight excluding hydrogens is 469 g/mol. The Hall–Kier alpha value is -3.21. The zero-order valence-corrected chi connectivity index (χ0v) is 20.2. The molecule has 4 atom stereocenters. The number of amides is 4. The summed E-state index contributed by atoms with van der Waals surface area (Å²) >= 11 is 0. The Morgan fingerprint density at radius 2 is 1.89 bits per heavy atom. The largest absolute Gasteiger partial charge is 0.473 e. The highest BCUT2D eigenvalue weighted by atomic mass is 19.1. The second kappa shape index (κ2) is 9.02. The van der Waals surface area contributed by atoms with Crippen molar-refractivity contribution in [1.29, 1.82) is 0 Å². The molecular formula is C25H32FN5O5. The first-order chi connectivity index (χ1) is 17.1. The van der Waals surface area contributed by atoms with E-state index in [2.05, 4.69) is 5.32 Å². The number of hydrogen-bond donors (Lipinski definition) is 3. The maximum atomic E-state index is 13.9. The minimum Gasteiger partial charge on any atom is -0.473 e. The molecule has 0 aromatic heterocycles. The van der Waals surface area contributed by atoms with Crippen LogP contribution < -0.4 is 21.5 Å². The molecule has 36 heavy (non-hydrogen) atoms. The number of nitrogens with two attached hydrogens (primary N) is 2. The summed E-state index contributed by atoms with van der Waals surface area (Å²) in [5.41, 5.74) is 10.4. The maximum absolute atomic E-state index is 13.9. The summed E-state index contributed by atoms with van der Waals surface area (Å²) < 4.78 is 19.6. The molecule has 5 N–H and O–H groups in total. The molecule has 1 aromatic rings. The van der Waals surface area contributed by atoms with Crippen molar-refractivity contribution >= 4 is 29.3 Å². The van der Waals surface area contributed by atoms with Gasteiger partial charge < -0.3 is 31.3 Å². The van der Waals surface area contributed by atoms with E-state index in [1.165, 1.54) is 21.9 Å². The molecule has 10 nitrogen and oxygen atoms in total. The van der Waals surface area contributed by atoms with Gasteiger partial charge in [0.25, 0.3) is 5.91 Å². The summed E-state index contributed by atoms with van der Waals surface area (Å²) in [5, 5.41) is 2.63. The number of halogens is 1. The third kappa shape index (κ3) is 4.63. The van der Waals surface area contributed by atoms with Gasteiger partial charge in [-0.3, -0.25) is 19.2 Å². The molecule has 1 aromatic carbocycles. The normalized spacial score (nSPS) is 26.6. The lowest BCUT2D eigenvalue weighted by atomic mass is 9.96. The highest BCUT2D eigenvalue weighted by Crippen LogP contribution is 2.42. The molecule has 4 aliphatic rings. The molecule has 2 aliphatic heterocycles. The third-order valence-corrected chi connectivity index (χ3v) is 7.80. The number of anilines is 1. The number of carbonyl (C=O) groups excluding carboxylic acids is 4. The van der Waals surface area contributed by atoms with Crippen molar-refractivity contribution in [2.24, 2.45) is 23.3 Å². The van der Waals surface area contributed by atoms with E-state index in [-0.39, 0.29) is 30.3 Å². The predicted molar refractivity (Wildman–Crippen MR) is 127 cm³/mol. The standard InChI is InChI=1S/C25H32FN5O5/c1-30(22(33)16(27)8-13-2-3-13)18(9-14-4-5-14)23(34)31-12-25(11-19(31)21(28)32)24(35)29-17-10-15(26)6-7-20(17)36-25/h6-7,10,13-14,16,18-19H,2-5,8-9,11-12,27H2,1H3,(H2,28,32)(H,29,35)/t16-,18-,19-,25+/m0/s1. The van der Waals surface area contributed by atoms with Crippen molar-refractivity contribution < 1.29 is 28.3 Å². The molecule has 0 unspecified atom stereocenters. The highest BCUT2D eigenvalue weighted by Gasteiger charge is 2.57. The number of carbonyl (C=O) groups is 4. The molecule has 1 spiro atoms. The quantitative estimate of drug-likeness (QED) is 0.478. The number of benzene rings is 1. The fourth-order valence-corrected chi connectivity index (χ4v) is 5.29. The van der Waals surface area contributed by atoms with Crippen LogP contribution in [0.3, 0.4) is 0 Å². The minimum absolute atomic E-state index is 0.147. The number of primary amides is 1. The first-order valence-corrected chi connectivity index (χ1v) is 12.5. The van der Waals surface area contributed by atoms with Crippen LogP contribution in [0, 0.1) is 17.7 Å². The van der Waals surface area contributed by atoms with Crippen LogP contribution in [0.2, 0.25) is 0 Å². The summed E-state index contributed by atoms with van der Waals surface area (Å²) in [7, 11) is 1.57. The molecule has 3 fully saturated rings. The van der Waals surface area contributed by atoms with Gasteiger partial charge in [-0.15, -0.1) is 0 Å². The molecule has 1 saturated heterocycles. The predicted octanol–water partition coefficient (Wildman–Crippen LogP) is 0.736. The average molecular weight is 502 g/mol. The molecule has 2 saturated carbocycles. The van der Waals surface area contributed by atoms with Crippen LogP contribution in [-0.4, -0.2) is 70.7 Å². The fourth-order valence-electron chi connectivity index (χ4n) is 5.29. The van der Waals surface area contributed by atoms with E-state index in [4.69, 9.17) is 16.2 Å². The summed E-state index contributed by atoms with van der Waals surface area (Å²) in [4.78, 5) is 55.2. The zero-order valence-electron chi connectivity index (χ0n) is 20.2. The Morgan fingerprint density at radius 3 is 2.53 bits per heavy atom. The fraction of sp³-hybridized carbons (Fsp3) is 0.600. The van der Waals surface area contributed by atoms with E-state index < -0.39 is 47.3 Å². The van der Waals surface area contributed by atoms with Gasteiger partial charge in [-0.1, -0.05) is 25.7 Å². The molecule has 2 heterocycles. The van der Waals surface area contributed by atoms with E-state index in [1.54, 1.807) is 7.05 Å². The van der Waals surface area contributed by atoms with Crippen molar-refractivity contribution in [2.75, 3.05) is 18.9 Å². The van der Waals surface area contributed by atoms with E-state index in [1.807, 2.05) is 0 Å². The van der Waals surface area contributed by atoms with Crippen LogP contribution in [0.15, 0.2) is 18.2 Å². The van der Waals surface area contributed by atoms with Gasteiger partial charge in [0.15, 0.2) is 0 Å². The molecule has 0 bridgehead atoms. The summed E-state index contributed by atoms with van der Waals surface area (Å²) in [6, 6.07) is 1.10. The second-order valence-corrected chi connectivity index (χ2v) is 10.7. The van der Waals surface area contributed by atoms with Crippen molar-refractivity contribution in [1.82, 2.24) is 9.80 Å². The van der Waals surface area contributed by atoms with E-state index in [9.17, 15) is 23.6 Å². The third-order valence-electron chi connectivity index (χ3n) is 7.80. The van der Waals surface area contributed by atoms with E-state index in [0.29, 0.717) is 24.7 Å². The van der Waals surface area contributed by atoms with Crippen LogP contribution in [0.4, 0.5) is 10.1 Å². The molecule has 2 aliphatic carbocycles. The van der Waals surface area contributed by atoms with Crippen molar-refractivity contribution in [3.63, 3.8) is 0 Å². The lowest BCUT2D eigenvalue weighted by molar-refractivity contribution is -0.148. The van der Waals surface area contributed by atoms with Crippen LogP contribution in [0.25, 0.3) is 0 Å². The van der Waals surface area contributed by atoms with Crippen LogP contribution in [-0.2, 0) is 19.2 Å². The SMILES string of the molecule is CN(C(=O)[C@@H](N)CC1CC1)[C@@H](CC1CC1)C(=O)N1C[C@@]2(C[C@H]1C(N)=O)Oc1ccc(F)cc1NC2=O. The number of ether oxygens (including phenoxy) is 1. The van der Waals surface area contributed by atoms with Gasteiger partial charge in [0.2, 0.25) is 23.3 Å². The maximum Gasteiger partial charge on any atom is 0.270 e. The number of hydrogen-bond acceptors (Lipinski definition) is 6. The van der Waals surface area contributed by atoms with Gasteiger partial charge in [-0.2, -0.15) is 0 Å². The van der Waals surface area contributed by atoms with Crippen LogP contribution in [0.5, 0.6) is 5.75 Å². The molecule has 0 radical (unpaired) electrons. The number of likely N-dealkylation sites (N-methyl/N-ethyl adjacent to an activating group) is 1. The van der Waals surface area contributed by atoms with Gasteiger partial charge in [-0.05, 0) is 36.8 Å². The molecule has 4 amide bonds. The van der Waals surface area contributed by atoms with E-state index >= 15 is 0 Å². The summed E-state index contributed by atoms with van der Waals surface area (Å²) in [6.07, 6.45) is 4.92. The van der Waals surface area contributed by atoms with Crippen molar-refractivity contribution in [3.05, 3.63) is 24.0 Å². The summed E-state index contributed by atoms with van der Waals surface area (Å²) in [5.74, 6) is -1.68. The van der Waals surface area contributed by atoms with Gasteiger partial charge in [0, 0.05) is 19.5 Å². The number of rotatable bonds is 8. The first kappa shape index (κ1) is 24.5. The zero-order chi connectivity index (χ0) is 25.8. The van der Waals surface area contributed by atoms with Gasteiger partial charge >= 0.3 is 0 Å². The Kier molecular flexibility index (Phi) is 6.14. The molecule has 11 heteroatoms. The van der Waals surface area contributed by atoms with E-state index in [0.717, 1.165) is 31.7 Å². The Morgan fingerprint density at radius 1 is 1.22 bits per heavy atom. The minimum atomic E-state index is -1.56. The van der Waals surface area contributed by atoms with Gasteiger partial charge in [-0.25, -0.2) is 4.39 Å². The number of fused-ring (bicyclic) bond motifs is 1. The van der Waals surface area contributed by atoms with Crippen LogP contribution >= 0.6 is 0 Å². The smallest absolute Gasteiger partial charge is 0.270 e. The number of likely N-dealkylation sites (tertiary alicyclic amines) is 1. The molecule has 194 valence electrons. The Balaban J connectivity index is 1.39. The number of nitrogens with one attached hydrogen (secondary N) is 1. The van der Waals surface area contributed by atoms with Gasteiger partial charge in [0.05, 0.1) is 18.3 Å². The second-order valence-electron chi connectivity index (χ2n) is 10.7. The van der Waals surface area contributed by atoms with Crippen molar-refractivity contribution in [3.8, 4) is 5.75 Å². The topological polar surface area (TPSA) is 148 Å². The highest BCUT2D eigenvalue weighted by molar-refractivity contribution is 6.03.